The molecule has 0 radical (unpaired) electrons. The number of nitrogens with zero attached hydrogens (tertiary/aromatic N) is 1. The first-order chi connectivity index (χ1) is 10.2. The van der Waals surface area contributed by atoms with Crippen molar-refractivity contribution in [3.05, 3.63) is 24.3 Å². The van der Waals surface area contributed by atoms with Crippen molar-refractivity contribution in [2.75, 3.05) is 18.1 Å². The van der Waals surface area contributed by atoms with Gasteiger partial charge in [0, 0.05) is 0 Å². The van der Waals surface area contributed by atoms with Crippen LogP contribution in [0.15, 0.2) is 24.3 Å². The molecule has 1 aliphatic heterocycles. The molecule has 1 amide bonds. The number of rotatable bonds is 3. The Morgan fingerprint density at radius 2 is 2.00 bits per heavy atom. The highest BCUT2D eigenvalue weighted by Crippen LogP contribution is 2.31. The summed E-state index contributed by atoms with van der Waals surface area (Å²) in [5.74, 6) is 0.0730. The van der Waals surface area contributed by atoms with Gasteiger partial charge >= 0.3 is 5.97 Å². The van der Waals surface area contributed by atoms with E-state index in [4.69, 9.17) is 9.47 Å². The van der Waals surface area contributed by atoms with Crippen LogP contribution in [0.5, 0.6) is 5.75 Å². The lowest BCUT2D eigenvalue weighted by Crippen LogP contribution is -2.43. The first-order valence-electron chi connectivity index (χ1n) is 7.46. The summed E-state index contributed by atoms with van der Waals surface area (Å²) in [5.41, 5.74) is 0.634. The summed E-state index contributed by atoms with van der Waals surface area (Å²) in [7, 11) is 0. The molecule has 1 heterocycles. The van der Waals surface area contributed by atoms with Gasteiger partial charge in [0.25, 0.3) is 5.91 Å². The van der Waals surface area contributed by atoms with Crippen LogP contribution in [0.4, 0.5) is 5.69 Å². The lowest BCUT2D eigenvalue weighted by Gasteiger charge is -2.29. The van der Waals surface area contributed by atoms with Crippen molar-refractivity contribution in [2.24, 2.45) is 0 Å². The summed E-state index contributed by atoms with van der Waals surface area (Å²) < 4.78 is 10.8. The smallest absolute Gasteiger partial charge is 0.326 e. The SMILES string of the molecule is O=C(CN1C(=O)COc2ccccc21)OC1CCCCC1. The molecule has 0 N–H and O–H groups in total. The van der Waals surface area contributed by atoms with Crippen LogP contribution in [-0.2, 0) is 14.3 Å². The molecule has 1 aromatic rings. The summed E-state index contributed by atoms with van der Waals surface area (Å²) in [6.07, 6.45) is 5.30. The Kier molecular flexibility index (Phi) is 4.08. The molecule has 5 nitrogen and oxygen atoms in total. The van der Waals surface area contributed by atoms with E-state index in [-0.39, 0.29) is 31.1 Å². The normalized spacial score (nSPS) is 18.9. The van der Waals surface area contributed by atoms with E-state index in [0.717, 1.165) is 25.7 Å². The lowest BCUT2D eigenvalue weighted by molar-refractivity contribution is -0.149. The maximum Gasteiger partial charge on any atom is 0.326 e. The number of carbonyl (C=O) groups excluding carboxylic acids is 2. The zero-order valence-corrected chi connectivity index (χ0v) is 11.9. The summed E-state index contributed by atoms with van der Waals surface area (Å²) in [6.45, 7) is -0.0799. The molecular formula is C16H19NO4. The average Bonchev–Trinajstić information content (AvgIpc) is 2.51. The molecule has 0 aromatic heterocycles. The highest BCUT2D eigenvalue weighted by atomic mass is 16.5. The minimum atomic E-state index is -0.341. The quantitative estimate of drug-likeness (QED) is 0.801. The van der Waals surface area contributed by atoms with Gasteiger partial charge in [-0.3, -0.25) is 14.5 Å². The molecule has 1 saturated carbocycles. The van der Waals surface area contributed by atoms with Gasteiger partial charge < -0.3 is 9.47 Å². The summed E-state index contributed by atoms with van der Waals surface area (Å²) in [6, 6.07) is 7.23. The van der Waals surface area contributed by atoms with Crippen molar-refractivity contribution in [3.8, 4) is 5.75 Å². The van der Waals surface area contributed by atoms with Crippen LogP contribution in [0, 0.1) is 0 Å². The van der Waals surface area contributed by atoms with Crippen molar-refractivity contribution >= 4 is 17.6 Å². The summed E-state index contributed by atoms with van der Waals surface area (Å²) in [5, 5.41) is 0. The first kappa shape index (κ1) is 13.9. The zero-order valence-electron chi connectivity index (χ0n) is 11.9. The molecule has 0 bridgehead atoms. The summed E-state index contributed by atoms with van der Waals surface area (Å²) >= 11 is 0. The van der Waals surface area contributed by atoms with E-state index in [2.05, 4.69) is 0 Å². The van der Waals surface area contributed by atoms with E-state index in [9.17, 15) is 9.59 Å². The fourth-order valence-electron chi connectivity index (χ4n) is 2.86. The second-order valence-electron chi connectivity index (χ2n) is 5.49. The highest BCUT2D eigenvalue weighted by Gasteiger charge is 2.28. The fraction of sp³-hybridized carbons (Fsp3) is 0.500. The molecule has 1 fully saturated rings. The fourth-order valence-corrected chi connectivity index (χ4v) is 2.86. The number of anilines is 1. The largest absolute Gasteiger partial charge is 0.482 e. The predicted molar refractivity (Wildman–Crippen MR) is 77.3 cm³/mol. The van der Waals surface area contributed by atoms with Gasteiger partial charge in [-0.2, -0.15) is 0 Å². The number of esters is 1. The van der Waals surface area contributed by atoms with Crippen molar-refractivity contribution < 1.29 is 19.1 Å². The number of amides is 1. The van der Waals surface area contributed by atoms with E-state index in [1.165, 1.54) is 11.3 Å². The van der Waals surface area contributed by atoms with E-state index in [1.54, 1.807) is 12.1 Å². The predicted octanol–water partition coefficient (Wildman–Crippen LogP) is 2.29. The molecule has 0 atom stereocenters. The minimum absolute atomic E-state index is 0.0117. The number of benzene rings is 1. The van der Waals surface area contributed by atoms with E-state index < -0.39 is 0 Å². The Bertz CT molecular complexity index is 537. The van der Waals surface area contributed by atoms with Crippen molar-refractivity contribution in [1.82, 2.24) is 0 Å². The van der Waals surface area contributed by atoms with Crippen LogP contribution < -0.4 is 9.64 Å². The molecule has 21 heavy (non-hydrogen) atoms. The van der Waals surface area contributed by atoms with Gasteiger partial charge in [-0.05, 0) is 37.8 Å². The number of hydrogen-bond donors (Lipinski definition) is 0. The molecule has 0 unspecified atom stereocenters. The third kappa shape index (κ3) is 3.17. The van der Waals surface area contributed by atoms with Gasteiger partial charge in [-0.1, -0.05) is 18.6 Å². The third-order valence-electron chi connectivity index (χ3n) is 3.95. The van der Waals surface area contributed by atoms with E-state index >= 15 is 0 Å². The van der Waals surface area contributed by atoms with Crippen LogP contribution in [-0.4, -0.2) is 31.1 Å². The highest BCUT2D eigenvalue weighted by molar-refractivity contribution is 6.01. The van der Waals surface area contributed by atoms with Gasteiger partial charge in [0.2, 0.25) is 0 Å². The molecule has 3 rings (SSSR count). The van der Waals surface area contributed by atoms with Gasteiger partial charge in [0.1, 0.15) is 18.4 Å². The Balaban J connectivity index is 1.66. The van der Waals surface area contributed by atoms with E-state index in [1.807, 2.05) is 12.1 Å². The van der Waals surface area contributed by atoms with Crippen LogP contribution in [0.25, 0.3) is 0 Å². The Morgan fingerprint density at radius 3 is 2.81 bits per heavy atom. The molecule has 0 spiro atoms. The van der Waals surface area contributed by atoms with Crippen LogP contribution >= 0.6 is 0 Å². The maximum atomic E-state index is 12.1. The number of hydrogen-bond acceptors (Lipinski definition) is 4. The second-order valence-corrected chi connectivity index (χ2v) is 5.49. The van der Waals surface area contributed by atoms with E-state index in [0.29, 0.717) is 11.4 Å². The topological polar surface area (TPSA) is 55.8 Å². The molecule has 2 aliphatic rings. The number of carbonyl (C=O) groups is 2. The second kappa shape index (κ2) is 6.16. The Labute approximate surface area is 123 Å². The maximum absolute atomic E-state index is 12.1. The molecule has 0 saturated heterocycles. The van der Waals surface area contributed by atoms with Gasteiger partial charge in [-0.15, -0.1) is 0 Å². The van der Waals surface area contributed by atoms with Gasteiger partial charge in [0.15, 0.2) is 6.61 Å². The van der Waals surface area contributed by atoms with Gasteiger partial charge in [0.05, 0.1) is 5.69 Å². The van der Waals surface area contributed by atoms with Crippen molar-refractivity contribution in [3.63, 3.8) is 0 Å². The third-order valence-corrected chi connectivity index (χ3v) is 3.95. The number of fused-ring (bicyclic) bond motifs is 1. The Hall–Kier alpha value is -2.04. The molecule has 112 valence electrons. The van der Waals surface area contributed by atoms with Crippen LogP contribution in [0.2, 0.25) is 0 Å². The van der Waals surface area contributed by atoms with Crippen LogP contribution in [0.3, 0.4) is 0 Å². The molecule has 1 aromatic carbocycles. The number of para-hydroxylation sites is 2. The number of ether oxygens (including phenoxy) is 2. The van der Waals surface area contributed by atoms with Crippen molar-refractivity contribution in [1.29, 1.82) is 0 Å². The Morgan fingerprint density at radius 1 is 1.24 bits per heavy atom. The van der Waals surface area contributed by atoms with Gasteiger partial charge in [-0.25, -0.2) is 0 Å². The molecule has 5 heteroatoms. The minimum Gasteiger partial charge on any atom is -0.482 e. The van der Waals surface area contributed by atoms with Crippen LogP contribution in [0.1, 0.15) is 32.1 Å². The standard InChI is InChI=1S/C16H19NO4/c18-15-11-20-14-9-5-4-8-13(14)17(15)10-16(19)21-12-6-2-1-3-7-12/h4-5,8-9,12H,1-3,6-7,10-11H2. The molecule has 1 aliphatic carbocycles. The monoisotopic (exact) mass is 289 g/mol. The average molecular weight is 289 g/mol. The zero-order chi connectivity index (χ0) is 14.7. The first-order valence-corrected chi connectivity index (χ1v) is 7.46. The summed E-state index contributed by atoms with van der Waals surface area (Å²) in [4.78, 5) is 25.5. The molecular weight excluding hydrogens is 270 g/mol. The lowest BCUT2D eigenvalue weighted by atomic mass is 9.98. The van der Waals surface area contributed by atoms with Crippen molar-refractivity contribution in [2.45, 2.75) is 38.2 Å².